The monoisotopic (exact) mass is 386 g/mol. The first-order valence-corrected chi connectivity index (χ1v) is 8.66. The first-order valence-electron chi connectivity index (χ1n) is 7.90. The third-order valence-corrected chi connectivity index (χ3v) is 4.15. The minimum absolute atomic E-state index is 0.264. The molecule has 2 aromatic carbocycles. The molecule has 0 bridgehead atoms. The SMILES string of the molecule is Cc1cccc(CNC(=O)c2ccnc(Nc3ccc(Cl)cc3Cl)n2)c1. The number of rotatable bonds is 5. The normalized spacial score (nSPS) is 10.4. The maximum Gasteiger partial charge on any atom is 0.270 e. The fraction of sp³-hybridized carbons (Fsp3) is 0.105. The van der Waals surface area contributed by atoms with Gasteiger partial charge < -0.3 is 10.6 Å². The number of benzene rings is 2. The molecule has 1 aromatic heterocycles. The van der Waals surface area contributed by atoms with Gasteiger partial charge in [-0.3, -0.25) is 4.79 Å². The molecule has 2 N–H and O–H groups in total. The molecule has 0 fully saturated rings. The number of carbonyl (C=O) groups is 1. The highest BCUT2D eigenvalue weighted by molar-refractivity contribution is 6.36. The van der Waals surface area contributed by atoms with Gasteiger partial charge in [-0.05, 0) is 36.8 Å². The maximum atomic E-state index is 12.3. The summed E-state index contributed by atoms with van der Waals surface area (Å²) in [5.74, 6) is -0.00316. The molecule has 0 aliphatic carbocycles. The summed E-state index contributed by atoms with van der Waals surface area (Å²) >= 11 is 12.0. The number of nitrogens with one attached hydrogen (secondary N) is 2. The van der Waals surface area contributed by atoms with E-state index in [1.54, 1.807) is 24.3 Å². The summed E-state index contributed by atoms with van der Waals surface area (Å²) in [7, 11) is 0. The van der Waals surface area contributed by atoms with Gasteiger partial charge in [-0.25, -0.2) is 9.97 Å². The van der Waals surface area contributed by atoms with E-state index in [0.717, 1.165) is 11.1 Å². The lowest BCUT2D eigenvalue weighted by molar-refractivity contribution is 0.0946. The van der Waals surface area contributed by atoms with Crippen LogP contribution in [-0.2, 0) is 6.54 Å². The minimum atomic E-state index is -0.279. The van der Waals surface area contributed by atoms with E-state index in [1.165, 1.54) is 6.20 Å². The Balaban J connectivity index is 1.69. The molecular weight excluding hydrogens is 371 g/mol. The fourth-order valence-electron chi connectivity index (χ4n) is 2.35. The van der Waals surface area contributed by atoms with E-state index in [0.29, 0.717) is 22.3 Å². The molecule has 3 rings (SSSR count). The van der Waals surface area contributed by atoms with Gasteiger partial charge in [0.2, 0.25) is 5.95 Å². The van der Waals surface area contributed by atoms with Crippen molar-refractivity contribution in [2.75, 3.05) is 5.32 Å². The number of hydrogen-bond acceptors (Lipinski definition) is 4. The predicted octanol–water partition coefficient (Wildman–Crippen LogP) is 4.77. The van der Waals surface area contributed by atoms with Gasteiger partial charge in [0, 0.05) is 17.8 Å². The Kier molecular flexibility index (Phi) is 5.71. The second-order valence-corrected chi connectivity index (χ2v) is 6.53. The number of anilines is 2. The lowest BCUT2D eigenvalue weighted by atomic mass is 10.1. The fourth-order valence-corrected chi connectivity index (χ4v) is 2.81. The molecule has 0 radical (unpaired) electrons. The summed E-state index contributed by atoms with van der Waals surface area (Å²) in [5.41, 5.74) is 3.04. The lowest BCUT2D eigenvalue weighted by Crippen LogP contribution is -2.24. The van der Waals surface area contributed by atoms with Crippen LogP contribution in [0, 0.1) is 6.92 Å². The van der Waals surface area contributed by atoms with Gasteiger partial charge in [0.1, 0.15) is 5.69 Å². The number of hydrogen-bond donors (Lipinski definition) is 2. The van der Waals surface area contributed by atoms with Gasteiger partial charge in [0.25, 0.3) is 5.91 Å². The van der Waals surface area contributed by atoms with Crippen molar-refractivity contribution in [3.05, 3.63) is 81.6 Å². The third kappa shape index (κ3) is 4.71. The van der Waals surface area contributed by atoms with E-state index in [1.807, 2.05) is 31.2 Å². The first-order chi connectivity index (χ1) is 12.5. The highest BCUT2D eigenvalue weighted by atomic mass is 35.5. The zero-order valence-corrected chi connectivity index (χ0v) is 15.5. The van der Waals surface area contributed by atoms with Crippen LogP contribution in [0.3, 0.4) is 0 Å². The van der Waals surface area contributed by atoms with Crippen LogP contribution in [0.15, 0.2) is 54.7 Å². The van der Waals surface area contributed by atoms with Crippen LogP contribution in [0.25, 0.3) is 0 Å². The molecule has 3 aromatic rings. The Labute approximate surface area is 161 Å². The average molecular weight is 387 g/mol. The molecule has 0 aliphatic rings. The number of nitrogens with zero attached hydrogens (tertiary/aromatic N) is 2. The smallest absolute Gasteiger partial charge is 0.270 e. The van der Waals surface area contributed by atoms with E-state index >= 15 is 0 Å². The van der Waals surface area contributed by atoms with Crippen molar-refractivity contribution in [3.63, 3.8) is 0 Å². The summed E-state index contributed by atoms with van der Waals surface area (Å²) < 4.78 is 0. The predicted molar refractivity (Wildman–Crippen MR) is 104 cm³/mol. The number of halogens is 2. The molecule has 0 aliphatic heterocycles. The molecule has 1 amide bonds. The van der Waals surface area contributed by atoms with Crippen molar-refractivity contribution in [2.45, 2.75) is 13.5 Å². The lowest BCUT2D eigenvalue weighted by Gasteiger charge is -2.09. The van der Waals surface area contributed by atoms with Crippen molar-refractivity contribution in [2.24, 2.45) is 0 Å². The molecule has 0 saturated heterocycles. The van der Waals surface area contributed by atoms with Gasteiger partial charge in [-0.15, -0.1) is 0 Å². The Hall–Kier alpha value is -2.63. The van der Waals surface area contributed by atoms with Gasteiger partial charge in [-0.2, -0.15) is 0 Å². The Morgan fingerprint density at radius 1 is 1.12 bits per heavy atom. The van der Waals surface area contributed by atoms with E-state index in [4.69, 9.17) is 23.2 Å². The molecule has 7 heteroatoms. The number of carbonyl (C=O) groups excluding carboxylic acids is 1. The molecule has 0 spiro atoms. The highest BCUT2D eigenvalue weighted by Gasteiger charge is 2.10. The maximum absolute atomic E-state index is 12.3. The topological polar surface area (TPSA) is 66.9 Å². The quantitative estimate of drug-likeness (QED) is 0.662. The molecule has 5 nitrogen and oxygen atoms in total. The standard InChI is InChI=1S/C19H16Cl2N4O/c1-12-3-2-4-13(9-12)11-23-18(26)17-7-8-22-19(25-17)24-16-6-5-14(20)10-15(16)21/h2-10H,11H2,1H3,(H,23,26)(H,22,24,25). The molecule has 132 valence electrons. The van der Waals surface area contributed by atoms with Crippen molar-refractivity contribution in [1.82, 2.24) is 15.3 Å². The van der Waals surface area contributed by atoms with Crippen molar-refractivity contribution in [1.29, 1.82) is 0 Å². The van der Waals surface area contributed by atoms with E-state index in [9.17, 15) is 4.79 Å². The van der Waals surface area contributed by atoms with Crippen LogP contribution in [-0.4, -0.2) is 15.9 Å². The minimum Gasteiger partial charge on any atom is -0.347 e. The zero-order chi connectivity index (χ0) is 18.5. The van der Waals surface area contributed by atoms with Crippen LogP contribution >= 0.6 is 23.2 Å². The summed E-state index contributed by atoms with van der Waals surface area (Å²) in [6.45, 7) is 2.44. The molecular formula is C19H16Cl2N4O. The van der Waals surface area contributed by atoms with E-state index in [-0.39, 0.29) is 17.5 Å². The van der Waals surface area contributed by atoms with Crippen LogP contribution in [0.2, 0.25) is 10.0 Å². The van der Waals surface area contributed by atoms with Crippen molar-refractivity contribution in [3.8, 4) is 0 Å². The first kappa shape index (κ1) is 18.2. The summed E-state index contributed by atoms with van der Waals surface area (Å²) in [6, 6.07) is 14.5. The van der Waals surface area contributed by atoms with Crippen LogP contribution in [0.4, 0.5) is 11.6 Å². The highest BCUT2D eigenvalue weighted by Crippen LogP contribution is 2.27. The second kappa shape index (κ2) is 8.17. The summed E-state index contributed by atoms with van der Waals surface area (Å²) in [4.78, 5) is 20.7. The molecule has 26 heavy (non-hydrogen) atoms. The van der Waals surface area contributed by atoms with Crippen LogP contribution in [0.5, 0.6) is 0 Å². The Bertz CT molecular complexity index is 946. The number of aromatic nitrogens is 2. The molecule has 0 saturated carbocycles. The second-order valence-electron chi connectivity index (χ2n) is 5.69. The Morgan fingerprint density at radius 2 is 1.96 bits per heavy atom. The van der Waals surface area contributed by atoms with Crippen molar-refractivity contribution >= 4 is 40.7 Å². The van der Waals surface area contributed by atoms with Gasteiger partial charge in [-0.1, -0.05) is 53.0 Å². The van der Waals surface area contributed by atoms with Crippen molar-refractivity contribution < 1.29 is 4.79 Å². The largest absolute Gasteiger partial charge is 0.347 e. The van der Waals surface area contributed by atoms with Gasteiger partial charge >= 0.3 is 0 Å². The molecule has 0 atom stereocenters. The van der Waals surface area contributed by atoms with Crippen LogP contribution < -0.4 is 10.6 Å². The van der Waals surface area contributed by atoms with E-state index in [2.05, 4.69) is 20.6 Å². The van der Waals surface area contributed by atoms with Gasteiger partial charge in [0.15, 0.2) is 0 Å². The summed E-state index contributed by atoms with van der Waals surface area (Å²) in [5, 5.41) is 6.81. The third-order valence-electron chi connectivity index (χ3n) is 3.60. The molecule has 1 heterocycles. The van der Waals surface area contributed by atoms with E-state index < -0.39 is 0 Å². The number of amides is 1. The average Bonchev–Trinajstić information content (AvgIpc) is 2.62. The van der Waals surface area contributed by atoms with Crippen LogP contribution in [0.1, 0.15) is 21.6 Å². The summed E-state index contributed by atoms with van der Waals surface area (Å²) in [6.07, 6.45) is 1.51. The molecule has 0 unspecified atom stereocenters. The number of aryl methyl sites for hydroxylation is 1. The zero-order valence-electron chi connectivity index (χ0n) is 14.0. The van der Waals surface area contributed by atoms with Gasteiger partial charge in [0.05, 0.1) is 10.7 Å². The Morgan fingerprint density at radius 3 is 2.73 bits per heavy atom.